The number of nitrogens with zero attached hydrogens (tertiary/aromatic N) is 2. The Labute approximate surface area is 156 Å². The standard InChI is InChI=1S/C18H18N2O6S/c1-2-26-18(21)17-12-16(13-7-6-8-14(11-13)20(22)23)19(17)27(24,25)15-9-4-3-5-10-15/h3-11,16-17H,2,12H2,1H3/t16-,17+/m1/s1. The number of hydrogen-bond acceptors (Lipinski definition) is 6. The highest BCUT2D eigenvalue weighted by Gasteiger charge is 2.51. The number of benzene rings is 2. The summed E-state index contributed by atoms with van der Waals surface area (Å²) in [5.74, 6) is -0.626. The van der Waals surface area contributed by atoms with Crippen LogP contribution in [-0.2, 0) is 19.6 Å². The first-order valence-corrected chi connectivity index (χ1v) is 9.80. The van der Waals surface area contributed by atoms with E-state index in [2.05, 4.69) is 0 Å². The van der Waals surface area contributed by atoms with E-state index in [9.17, 15) is 23.3 Å². The molecule has 8 nitrogen and oxygen atoms in total. The van der Waals surface area contributed by atoms with Crippen molar-refractivity contribution in [2.24, 2.45) is 0 Å². The Morgan fingerprint density at radius 3 is 2.56 bits per heavy atom. The monoisotopic (exact) mass is 390 g/mol. The molecule has 0 aliphatic carbocycles. The maximum Gasteiger partial charge on any atom is 0.324 e. The van der Waals surface area contributed by atoms with Gasteiger partial charge in [0.2, 0.25) is 10.0 Å². The van der Waals surface area contributed by atoms with Crippen LogP contribution in [0.25, 0.3) is 0 Å². The summed E-state index contributed by atoms with van der Waals surface area (Å²) < 4.78 is 32.3. The van der Waals surface area contributed by atoms with Gasteiger partial charge in [-0.25, -0.2) is 8.42 Å². The first kappa shape index (κ1) is 19.0. The Bertz CT molecular complexity index is 961. The second-order valence-electron chi connectivity index (χ2n) is 6.02. The molecule has 2 aromatic carbocycles. The number of carbonyl (C=O) groups is 1. The Morgan fingerprint density at radius 2 is 1.93 bits per heavy atom. The van der Waals surface area contributed by atoms with Crippen LogP contribution in [0.4, 0.5) is 5.69 Å². The van der Waals surface area contributed by atoms with Gasteiger partial charge >= 0.3 is 5.97 Å². The fourth-order valence-electron chi connectivity index (χ4n) is 3.11. The molecule has 2 aromatic rings. The molecule has 1 saturated heterocycles. The highest BCUT2D eigenvalue weighted by atomic mass is 32.2. The summed E-state index contributed by atoms with van der Waals surface area (Å²) in [6, 6.07) is 11.9. The Hall–Kier alpha value is -2.78. The SMILES string of the molecule is CCOC(=O)[C@@H]1C[C@H](c2cccc([N+](=O)[O-])c2)N1S(=O)(=O)c1ccccc1. The number of nitro groups is 1. The molecule has 0 radical (unpaired) electrons. The van der Waals surface area contributed by atoms with Gasteiger partial charge in [0, 0.05) is 12.1 Å². The minimum absolute atomic E-state index is 0.0504. The third kappa shape index (κ3) is 3.56. The summed E-state index contributed by atoms with van der Waals surface area (Å²) >= 11 is 0. The molecule has 1 aliphatic heterocycles. The molecule has 0 bridgehead atoms. The maximum atomic E-state index is 13.1. The van der Waals surface area contributed by atoms with E-state index in [0.29, 0.717) is 5.56 Å². The van der Waals surface area contributed by atoms with E-state index < -0.39 is 33.0 Å². The molecular formula is C18H18N2O6S. The number of hydrogen-bond donors (Lipinski definition) is 0. The fraction of sp³-hybridized carbons (Fsp3) is 0.278. The highest BCUT2D eigenvalue weighted by molar-refractivity contribution is 7.89. The van der Waals surface area contributed by atoms with E-state index in [-0.39, 0.29) is 23.6 Å². The van der Waals surface area contributed by atoms with Crippen molar-refractivity contribution >= 4 is 21.7 Å². The summed E-state index contributed by atoms with van der Waals surface area (Å²) in [7, 11) is -3.98. The average molecular weight is 390 g/mol. The van der Waals surface area contributed by atoms with Crippen LogP contribution in [0.3, 0.4) is 0 Å². The third-order valence-corrected chi connectivity index (χ3v) is 6.34. The van der Waals surface area contributed by atoms with Crippen LogP contribution in [0.1, 0.15) is 24.9 Å². The zero-order valence-electron chi connectivity index (χ0n) is 14.5. The van der Waals surface area contributed by atoms with Crippen LogP contribution in [0, 0.1) is 10.1 Å². The van der Waals surface area contributed by atoms with Crippen LogP contribution in [0.2, 0.25) is 0 Å². The molecule has 27 heavy (non-hydrogen) atoms. The van der Waals surface area contributed by atoms with Gasteiger partial charge in [0.1, 0.15) is 6.04 Å². The van der Waals surface area contributed by atoms with E-state index in [0.717, 1.165) is 4.31 Å². The molecular weight excluding hydrogens is 372 g/mol. The van der Waals surface area contributed by atoms with Crippen molar-refractivity contribution in [3.63, 3.8) is 0 Å². The lowest BCUT2D eigenvalue weighted by Gasteiger charge is -2.45. The zero-order valence-corrected chi connectivity index (χ0v) is 15.3. The normalized spacial score (nSPS) is 19.9. The first-order valence-electron chi connectivity index (χ1n) is 8.36. The van der Waals surface area contributed by atoms with Gasteiger partial charge in [-0.2, -0.15) is 4.31 Å². The van der Waals surface area contributed by atoms with Gasteiger partial charge in [-0.1, -0.05) is 30.3 Å². The average Bonchev–Trinajstić information content (AvgIpc) is 2.62. The fourth-order valence-corrected chi connectivity index (χ4v) is 4.91. The lowest BCUT2D eigenvalue weighted by atomic mass is 9.90. The second-order valence-corrected chi connectivity index (χ2v) is 7.86. The van der Waals surface area contributed by atoms with Gasteiger partial charge in [0.05, 0.1) is 22.5 Å². The summed E-state index contributed by atoms with van der Waals surface area (Å²) in [6.07, 6.45) is 0.200. The van der Waals surface area contributed by atoms with Crippen LogP contribution in [0.5, 0.6) is 0 Å². The molecule has 142 valence electrons. The predicted octanol–water partition coefficient (Wildman–Crippen LogP) is 2.66. The van der Waals surface area contributed by atoms with Crippen LogP contribution >= 0.6 is 0 Å². The summed E-state index contributed by atoms with van der Waals surface area (Å²) in [5, 5.41) is 11.0. The molecule has 1 heterocycles. The molecule has 0 saturated carbocycles. The maximum absolute atomic E-state index is 13.1. The number of sulfonamides is 1. The first-order chi connectivity index (χ1) is 12.9. The van der Waals surface area contributed by atoms with E-state index in [1.165, 1.54) is 30.3 Å². The number of non-ortho nitro benzene ring substituents is 1. The van der Waals surface area contributed by atoms with Crippen molar-refractivity contribution in [2.45, 2.75) is 30.3 Å². The van der Waals surface area contributed by atoms with Crippen molar-refractivity contribution in [3.8, 4) is 0 Å². The zero-order chi connectivity index (χ0) is 19.6. The minimum Gasteiger partial charge on any atom is -0.465 e. The molecule has 1 aliphatic rings. The topological polar surface area (TPSA) is 107 Å². The van der Waals surface area contributed by atoms with Crippen molar-refractivity contribution in [1.29, 1.82) is 0 Å². The summed E-state index contributed by atoms with van der Waals surface area (Å²) in [4.78, 5) is 22.8. The third-order valence-electron chi connectivity index (χ3n) is 4.40. The van der Waals surface area contributed by atoms with Gasteiger partial charge in [0.25, 0.3) is 5.69 Å². The molecule has 0 spiro atoms. The van der Waals surface area contributed by atoms with E-state index >= 15 is 0 Å². The van der Waals surface area contributed by atoms with Crippen LogP contribution < -0.4 is 0 Å². The molecule has 0 aromatic heterocycles. The van der Waals surface area contributed by atoms with Gasteiger partial charge < -0.3 is 4.74 Å². The smallest absolute Gasteiger partial charge is 0.324 e. The number of nitro benzene ring substituents is 1. The van der Waals surface area contributed by atoms with E-state index in [4.69, 9.17) is 4.74 Å². The van der Waals surface area contributed by atoms with E-state index in [1.54, 1.807) is 31.2 Å². The number of carbonyl (C=O) groups excluding carboxylic acids is 1. The largest absolute Gasteiger partial charge is 0.465 e. The van der Waals surface area contributed by atoms with Crippen molar-refractivity contribution < 1.29 is 22.9 Å². The molecule has 2 atom stereocenters. The molecule has 0 N–H and O–H groups in total. The molecule has 0 amide bonds. The molecule has 3 rings (SSSR count). The van der Waals surface area contributed by atoms with Gasteiger partial charge in [-0.3, -0.25) is 14.9 Å². The highest BCUT2D eigenvalue weighted by Crippen LogP contribution is 2.44. The van der Waals surface area contributed by atoms with Crippen LogP contribution in [-0.4, -0.2) is 36.3 Å². The van der Waals surface area contributed by atoms with Gasteiger partial charge in [0.15, 0.2) is 0 Å². The Kier molecular flexibility index (Phi) is 5.24. The quantitative estimate of drug-likeness (QED) is 0.426. The molecule has 1 fully saturated rings. The number of ether oxygens (including phenoxy) is 1. The minimum atomic E-state index is -3.98. The summed E-state index contributed by atoms with van der Waals surface area (Å²) in [6.45, 7) is 1.78. The number of esters is 1. The van der Waals surface area contributed by atoms with Gasteiger partial charge in [-0.15, -0.1) is 0 Å². The summed E-state index contributed by atoms with van der Waals surface area (Å²) in [5.41, 5.74) is 0.327. The van der Waals surface area contributed by atoms with E-state index in [1.807, 2.05) is 0 Å². The van der Waals surface area contributed by atoms with Crippen LogP contribution in [0.15, 0.2) is 59.5 Å². The number of rotatable bonds is 6. The Balaban J connectivity index is 2.01. The Morgan fingerprint density at radius 1 is 1.22 bits per heavy atom. The lowest BCUT2D eigenvalue weighted by Crippen LogP contribution is -2.57. The predicted molar refractivity (Wildman–Crippen MR) is 96.3 cm³/mol. The second kappa shape index (κ2) is 7.45. The lowest BCUT2D eigenvalue weighted by molar-refractivity contribution is -0.385. The van der Waals surface area contributed by atoms with Gasteiger partial charge in [-0.05, 0) is 31.0 Å². The van der Waals surface area contributed by atoms with Crippen molar-refractivity contribution in [3.05, 3.63) is 70.3 Å². The van der Waals surface area contributed by atoms with Crippen molar-refractivity contribution in [2.75, 3.05) is 6.61 Å². The molecule has 0 unspecified atom stereocenters. The van der Waals surface area contributed by atoms with Crippen molar-refractivity contribution in [1.82, 2.24) is 4.31 Å². The molecule has 9 heteroatoms.